The number of hydrogen-bond acceptors (Lipinski definition) is 6. The van der Waals surface area contributed by atoms with E-state index in [0.717, 1.165) is 16.5 Å². The predicted octanol–water partition coefficient (Wildman–Crippen LogP) is 3.72. The topological polar surface area (TPSA) is 68.0 Å². The van der Waals surface area contributed by atoms with Crippen LogP contribution in [0.2, 0.25) is 0 Å². The fraction of sp³-hybridized carbons (Fsp3) is 0.133. The van der Waals surface area contributed by atoms with Crippen molar-refractivity contribution in [3.63, 3.8) is 0 Å². The summed E-state index contributed by atoms with van der Waals surface area (Å²) < 4.78 is 5.87. The third kappa shape index (κ3) is 3.96. The summed E-state index contributed by atoms with van der Waals surface area (Å²) in [5.74, 6) is 0.862. The predicted molar refractivity (Wildman–Crippen MR) is 87.4 cm³/mol. The molecule has 0 aliphatic carbocycles. The Labute approximate surface area is 135 Å². The summed E-state index contributed by atoms with van der Waals surface area (Å²) in [6.45, 7) is 0. The zero-order valence-corrected chi connectivity index (χ0v) is 13.2. The van der Waals surface area contributed by atoms with E-state index in [0.29, 0.717) is 5.13 Å². The van der Waals surface area contributed by atoms with Crippen molar-refractivity contribution in [3.05, 3.63) is 60.1 Å². The molecule has 0 aliphatic rings. The van der Waals surface area contributed by atoms with Crippen LogP contribution in [0.15, 0.2) is 57.5 Å². The molecule has 22 heavy (non-hydrogen) atoms. The Kier molecular flexibility index (Phi) is 4.87. The molecule has 112 valence electrons. The average Bonchev–Trinajstić information content (AvgIpc) is 3.20. The number of benzene rings is 1. The number of thioether (sulfide) groups is 1. The van der Waals surface area contributed by atoms with Crippen molar-refractivity contribution in [3.8, 4) is 0 Å². The van der Waals surface area contributed by atoms with Gasteiger partial charge in [-0.15, -0.1) is 10.2 Å². The van der Waals surface area contributed by atoms with Gasteiger partial charge in [-0.05, 0) is 24.1 Å². The zero-order valence-electron chi connectivity index (χ0n) is 11.6. The Morgan fingerprint density at radius 2 is 2.05 bits per heavy atom. The van der Waals surface area contributed by atoms with Crippen molar-refractivity contribution in [2.45, 2.75) is 10.8 Å². The van der Waals surface area contributed by atoms with Crippen molar-refractivity contribution < 1.29 is 9.21 Å². The fourth-order valence-corrected chi connectivity index (χ4v) is 3.59. The van der Waals surface area contributed by atoms with Gasteiger partial charge >= 0.3 is 0 Å². The van der Waals surface area contributed by atoms with E-state index in [9.17, 15) is 4.79 Å². The maximum Gasteiger partial charge on any atom is 0.293 e. The summed E-state index contributed by atoms with van der Waals surface area (Å²) in [5.41, 5.74) is 1.30. The van der Waals surface area contributed by atoms with Crippen LogP contribution in [0.25, 0.3) is 0 Å². The van der Waals surface area contributed by atoms with E-state index in [1.807, 2.05) is 18.2 Å². The quantitative estimate of drug-likeness (QED) is 0.551. The molecule has 0 saturated heterocycles. The van der Waals surface area contributed by atoms with Gasteiger partial charge in [0.05, 0.1) is 6.26 Å². The van der Waals surface area contributed by atoms with Crippen LogP contribution in [0, 0.1) is 0 Å². The number of furan rings is 1. The number of hydrogen-bond donors (Lipinski definition) is 1. The molecular formula is C15H13N3O2S2. The van der Waals surface area contributed by atoms with Gasteiger partial charge in [0.15, 0.2) is 10.1 Å². The van der Waals surface area contributed by atoms with E-state index in [1.165, 1.54) is 23.2 Å². The lowest BCUT2D eigenvalue weighted by Gasteiger charge is -1.98. The Morgan fingerprint density at radius 3 is 2.82 bits per heavy atom. The molecule has 0 bridgehead atoms. The Bertz CT molecular complexity index is 726. The van der Waals surface area contributed by atoms with Crippen LogP contribution in [0.3, 0.4) is 0 Å². The summed E-state index contributed by atoms with van der Waals surface area (Å²) in [7, 11) is 0. The number of anilines is 1. The molecule has 2 heterocycles. The number of carbonyl (C=O) groups excluding carboxylic acids is 1. The maximum absolute atomic E-state index is 11.8. The second-order valence-corrected chi connectivity index (χ2v) is 6.71. The van der Waals surface area contributed by atoms with Crippen LogP contribution < -0.4 is 5.32 Å². The molecule has 0 unspecified atom stereocenters. The van der Waals surface area contributed by atoms with Crippen molar-refractivity contribution in [2.75, 3.05) is 11.1 Å². The first-order chi connectivity index (χ1) is 10.8. The highest BCUT2D eigenvalue weighted by atomic mass is 32.2. The van der Waals surface area contributed by atoms with Gasteiger partial charge in [-0.1, -0.05) is 53.4 Å². The van der Waals surface area contributed by atoms with Crippen LogP contribution in [-0.4, -0.2) is 21.9 Å². The largest absolute Gasteiger partial charge is 0.459 e. The van der Waals surface area contributed by atoms with Gasteiger partial charge < -0.3 is 4.42 Å². The van der Waals surface area contributed by atoms with Gasteiger partial charge in [0, 0.05) is 5.75 Å². The number of rotatable bonds is 6. The van der Waals surface area contributed by atoms with Crippen molar-refractivity contribution in [1.29, 1.82) is 0 Å². The van der Waals surface area contributed by atoms with Crippen LogP contribution in [0.5, 0.6) is 0 Å². The Balaban J connectivity index is 1.50. The van der Waals surface area contributed by atoms with Crippen LogP contribution >= 0.6 is 23.1 Å². The molecule has 3 rings (SSSR count). The summed E-state index contributed by atoms with van der Waals surface area (Å²) in [6.07, 6.45) is 2.43. The SMILES string of the molecule is O=C(Nc1nnc(SCCc2ccccc2)s1)c1ccco1. The first-order valence-corrected chi connectivity index (χ1v) is 8.46. The van der Waals surface area contributed by atoms with Crippen LogP contribution in [0.1, 0.15) is 16.1 Å². The Hall–Kier alpha value is -2.12. The van der Waals surface area contributed by atoms with Gasteiger partial charge in [-0.3, -0.25) is 10.1 Å². The fourth-order valence-electron chi connectivity index (χ4n) is 1.79. The Morgan fingerprint density at radius 1 is 1.18 bits per heavy atom. The minimum atomic E-state index is -0.318. The molecule has 1 aromatic carbocycles. The third-order valence-corrected chi connectivity index (χ3v) is 4.80. The molecule has 0 fully saturated rings. The molecule has 0 radical (unpaired) electrons. The lowest BCUT2D eigenvalue weighted by molar-refractivity contribution is 0.0996. The van der Waals surface area contributed by atoms with Gasteiger partial charge in [0.25, 0.3) is 5.91 Å². The normalized spacial score (nSPS) is 10.5. The minimum Gasteiger partial charge on any atom is -0.459 e. The lowest BCUT2D eigenvalue weighted by Crippen LogP contribution is -2.10. The molecule has 1 amide bonds. The van der Waals surface area contributed by atoms with Gasteiger partial charge in [-0.25, -0.2) is 0 Å². The van der Waals surface area contributed by atoms with E-state index in [2.05, 4.69) is 27.6 Å². The highest BCUT2D eigenvalue weighted by Crippen LogP contribution is 2.26. The van der Waals surface area contributed by atoms with Crippen molar-refractivity contribution in [1.82, 2.24) is 10.2 Å². The molecule has 5 nitrogen and oxygen atoms in total. The van der Waals surface area contributed by atoms with Crippen molar-refractivity contribution >= 4 is 34.1 Å². The van der Waals surface area contributed by atoms with Gasteiger partial charge in [0.2, 0.25) is 5.13 Å². The van der Waals surface area contributed by atoms with Crippen LogP contribution in [0.4, 0.5) is 5.13 Å². The number of aromatic nitrogens is 2. The number of amides is 1. The molecule has 2 aromatic heterocycles. The second-order valence-electron chi connectivity index (χ2n) is 4.39. The number of aryl methyl sites for hydroxylation is 1. The number of carbonyl (C=O) groups is 1. The minimum absolute atomic E-state index is 0.258. The monoisotopic (exact) mass is 331 g/mol. The summed E-state index contributed by atoms with van der Waals surface area (Å²) in [4.78, 5) is 11.8. The van der Waals surface area contributed by atoms with Gasteiger partial charge in [-0.2, -0.15) is 0 Å². The first kappa shape index (κ1) is 14.8. The second kappa shape index (κ2) is 7.24. The smallest absolute Gasteiger partial charge is 0.293 e. The summed E-state index contributed by atoms with van der Waals surface area (Å²) >= 11 is 2.99. The lowest BCUT2D eigenvalue weighted by atomic mass is 10.2. The van der Waals surface area contributed by atoms with Gasteiger partial charge in [0.1, 0.15) is 0 Å². The summed E-state index contributed by atoms with van der Waals surface area (Å²) in [5, 5.41) is 11.2. The maximum atomic E-state index is 11.8. The van der Waals surface area contributed by atoms with E-state index < -0.39 is 0 Å². The molecule has 1 N–H and O–H groups in total. The molecule has 0 atom stereocenters. The van der Waals surface area contributed by atoms with E-state index >= 15 is 0 Å². The standard InChI is InChI=1S/C15H13N3O2S2/c19-13(12-7-4-9-20-12)16-14-17-18-15(22-14)21-10-8-11-5-2-1-3-6-11/h1-7,9H,8,10H2,(H,16,17,19). The number of nitrogens with one attached hydrogen (secondary N) is 1. The van der Waals surface area contributed by atoms with E-state index in [-0.39, 0.29) is 11.7 Å². The highest BCUT2D eigenvalue weighted by Gasteiger charge is 2.12. The molecule has 0 aliphatic heterocycles. The molecule has 0 saturated carbocycles. The van der Waals surface area contributed by atoms with E-state index in [4.69, 9.17) is 4.42 Å². The first-order valence-electron chi connectivity index (χ1n) is 6.66. The molecule has 3 aromatic rings. The molecule has 0 spiro atoms. The van der Waals surface area contributed by atoms with Crippen LogP contribution in [-0.2, 0) is 6.42 Å². The van der Waals surface area contributed by atoms with E-state index in [1.54, 1.807) is 23.9 Å². The highest BCUT2D eigenvalue weighted by molar-refractivity contribution is 8.01. The zero-order chi connectivity index (χ0) is 15.2. The number of nitrogens with zero attached hydrogens (tertiary/aromatic N) is 2. The molecule has 7 heteroatoms. The summed E-state index contributed by atoms with van der Waals surface area (Å²) in [6, 6.07) is 13.6. The third-order valence-electron chi connectivity index (χ3n) is 2.83. The molecular weight excluding hydrogens is 318 g/mol. The average molecular weight is 331 g/mol. The van der Waals surface area contributed by atoms with Crippen molar-refractivity contribution in [2.24, 2.45) is 0 Å².